The summed E-state index contributed by atoms with van der Waals surface area (Å²) in [7, 11) is 0. The van der Waals surface area contributed by atoms with E-state index in [2.05, 4.69) is 14.7 Å². The van der Waals surface area contributed by atoms with Crippen molar-refractivity contribution in [1.82, 2.24) is 10.1 Å². The van der Waals surface area contributed by atoms with E-state index in [1.54, 1.807) is 0 Å². The number of nitrogens with zero attached hydrogens (tertiary/aromatic N) is 2. The van der Waals surface area contributed by atoms with E-state index in [1.807, 2.05) is 0 Å². The Morgan fingerprint density at radius 1 is 1.24 bits per heavy atom. The average Bonchev–Trinajstić information content (AvgIpc) is 2.70. The molecule has 17 heavy (non-hydrogen) atoms. The molecule has 0 aliphatic heterocycles. The Hall–Kier alpha value is -2.12. The first kappa shape index (κ1) is 11.4. The van der Waals surface area contributed by atoms with Crippen LogP contribution in [0.3, 0.4) is 0 Å². The summed E-state index contributed by atoms with van der Waals surface area (Å²) in [5, 5.41) is 3.14. The maximum absolute atomic E-state index is 12.8. The average molecular weight is 247 g/mol. The SMILES string of the molecule is Nc1cc(-c2noc(C(F)(F)F)n2)ccc1F. The summed E-state index contributed by atoms with van der Waals surface area (Å²) in [5.74, 6) is -2.44. The molecule has 1 heterocycles. The highest BCUT2D eigenvalue weighted by Gasteiger charge is 2.38. The smallest absolute Gasteiger partial charge is 0.396 e. The van der Waals surface area contributed by atoms with Gasteiger partial charge >= 0.3 is 12.1 Å². The van der Waals surface area contributed by atoms with E-state index in [4.69, 9.17) is 5.73 Å². The number of hydrogen-bond acceptors (Lipinski definition) is 4. The fourth-order valence-corrected chi connectivity index (χ4v) is 1.14. The molecule has 4 nitrogen and oxygen atoms in total. The highest BCUT2D eigenvalue weighted by molar-refractivity contribution is 5.60. The minimum atomic E-state index is -4.71. The van der Waals surface area contributed by atoms with Crippen molar-refractivity contribution in [3.05, 3.63) is 29.9 Å². The van der Waals surface area contributed by atoms with Crippen molar-refractivity contribution in [2.75, 3.05) is 5.73 Å². The summed E-state index contributed by atoms with van der Waals surface area (Å²) in [4.78, 5) is 3.14. The van der Waals surface area contributed by atoms with Gasteiger partial charge in [-0.05, 0) is 18.2 Å². The first-order valence-electron chi connectivity index (χ1n) is 4.34. The van der Waals surface area contributed by atoms with Gasteiger partial charge in [0, 0.05) is 5.56 Å². The molecule has 0 saturated carbocycles. The van der Waals surface area contributed by atoms with Gasteiger partial charge in [-0.3, -0.25) is 0 Å². The molecule has 0 atom stereocenters. The standard InChI is InChI=1S/C9H5F4N3O/c10-5-2-1-4(3-6(5)14)7-15-8(17-16-7)9(11,12)13/h1-3H,14H2. The number of alkyl halides is 3. The number of nitrogens with two attached hydrogens (primary N) is 1. The number of halogens is 4. The van der Waals surface area contributed by atoms with E-state index >= 15 is 0 Å². The van der Waals surface area contributed by atoms with Gasteiger partial charge in [-0.1, -0.05) is 5.16 Å². The van der Waals surface area contributed by atoms with Crippen LogP contribution in [-0.2, 0) is 6.18 Å². The lowest BCUT2D eigenvalue weighted by Gasteiger charge is -1.98. The molecule has 0 aliphatic rings. The summed E-state index contributed by atoms with van der Waals surface area (Å²) in [6, 6.07) is 3.34. The van der Waals surface area contributed by atoms with Crippen molar-refractivity contribution >= 4 is 5.69 Å². The van der Waals surface area contributed by atoms with Crippen molar-refractivity contribution in [3.8, 4) is 11.4 Å². The summed E-state index contributed by atoms with van der Waals surface area (Å²) in [6.07, 6.45) is -4.71. The summed E-state index contributed by atoms with van der Waals surface area (Å²) >= 11 is 0. The number of aromatic nitrogens is 2. The number of rotatable bonds is 1. The third-order valence-electron chi connectivity index (χ3n) is 1.92. The van der Waals surface area contributed by atoms with E-state index in [0.717, 1.165) is 12.1 Å². The molecule has 0 radical (unpaired) electrons. The minimum Gasteiger partial charge on any atom is -0.396 e. The van der Waals surface area contributed by atoms with Crippen LogP contribution in [0, 0.1) is 5.82 Å². The second-order valence-corrected chi connectivity index (χ2v) is 3.16. The molecule has 0 spiro atoms. The summed E-state index contributed by atoms with van der Waals surface area (Å²) in [6.45, 7) is 0. The second-order valence-electron chi connectivity index (χ2n) is 3.16. The fourth-order valence-electron chi connectivity index (χ4n) is 1.14. The number of nitrogen functional groups attached to an aromatic ring is 1. The van der Waals surface area contributed by atoms with Gasteiger partial charge in [-0.2, -0.15) is 18.2 Å². The van der Waals surface area contributed by atoms with Crippen LogP contribution in [0.1, 0.15) is 5.89 Å². The molecule has 1 aromatic carbocycles. The Morgan fingerprint density at radius 3 is 2.47 bits per heavy atom. The lowest BCUT2D eigenvalue weighted by molar-refractivity contribution is -0.159. The monoisotopic (exact) mass is 247 g/mol. The Balaban J connectivity index is 2.40. The van der Waals surface area contributed by atoms with E-state index < -0.39 is 17.9 Å². The summed E-state index contributed by atoms with van der Waals surface area (Å²) < 4.78 is 53.4. The molecular weight excluding hydrogens is 242 g/mol. The molecule has 8 heteroatoms. The van der Waals surface area contributed by atoms with Crippen LogP contribution in [-0.4, -0.2) is 10.1 Å². The molecule has 0 unspecified atom stereocenters. The van der Waals surface area contributed by atoms with Crippen molar-refractivity contribution in [1.29, 1.82) is 0 Å². The Labute approximate surface area is 92.0 Å². The third kappa shape index (κ3) is 2.19. The summed E-state index contributed by atoms with van der Waals surface area (Å²) in [5.41, 5.74) is 5.20. The van der Waals surface area contributed by atoms with Gasteiger partial charge < -0.3 is 10.3 Å². The van der Waals surface area contributed by atoms with E-state index in [-0.39, 0.29) is 17.1 Å². The van der Waals surface area contributed by atoms with Gasteiger partial charge in [0.15, 0.2) is 0 Å². The van der Waals surface area contributed by atoms with Crippen LogP contribution in [0.5, 0.6) is 0 Å². The van der Waals surface area contributed by atoms with Crippen LogP contribution >= 0.6 is 0 Å². The first-order chi connectivity index (χ1) is 7.88. The highest BCUT2D eigenvalue weighted by atomic mass is 19.4. The number of anilines is 1. The first-order valence-corrected chi connectivity index (χ1v) is 4.34. The van der Waals surface area contributed by atoms with Gasteiger partial charge in [0.1, 0.15) is 5.82 Å². The fraction of sp³-hybridized carbons (Fsp3) is 0.111. The molecule has 0 fully saturated rings. The van der Waals surface area contributed by atoms with Crippen LogP contribution in [0.4, 0.5) is 23.2 Å². The minimum absolute atomic E-state index is 0.142. The molecular formula is C9H5F4N3O. The maximum atomic E-state index is 12.8. The molecule has 0 aliphatic carbocycles. The predicted molar refractivity (Wildman–Crippen MR) is 49.1 cm³/mol. The van der Waals surface area contributed by atoms with Gasteiger partial charge in [-0.25, -0.2) is 4.39 Å². The van der Waals surface area contributed by atoms with Crippen LogP contribution in [0.15, 0.2) is 22.7 Å². The van der Waals surface area contributed by atoms with Crippen LogP contribution in [0.2, 0.25) is 0 Å². The van der Waals surface area contributed by atoms with Crippen LogP contribution < -0.4 is 5.73 Å². The molecule has 0 bridgehead atoms. The van der Waals surface area contributed by atoms with Crippen molar-refractivity contribution < 1.29 is 22.1 Å². The van der Waals surface area contributed by atoms with Gasteiger partial charge in [0.25, 0.3) is 0 Å². The quantitative estimate of drug-likeness (QED) is 0.621. The zero-order valence-electron chi connectivity index (χ0n) is 8.12. The molecule has 0 amide bonds. The molecule has 2 aromatic rings. The van der Waals surface area contributed by atoms with E-state index in [0.29, 0.717) is 0 Å². The highest BCUT2D eigenvalue weighted by Crippen LogP contribution is 2.29. The normalized spacial score (nSPS) is 11.8. The van der Waals surface area contributed by atoms with Crippen LogP contribution in [0.25, 0.3) is 11.4 Å². The van der Waals surface area contributed by atoms with E-state index in [9.17, 15) is 17.6 Å². The Morgan fingerprint density at radius 2 is 1.94 bits per heavy atom. The third-order valence-corrected chi connectivity index (χ3v) is 1.92. The van der Waals surface area contributed by atoms with Gasteiger partial charge in [-0.15, -0.1) is 0 Å². The Bertz CT molecular complexity index is 549. The zero-order valence-corrected chi connectivity index (χ0v) is 8.12. The van der Waals surface area contributed by atoms with Crippen molar-refractivity contribution in [2.24, 2.45) is 0 Å². The number of benzene rings is 1. The Kier molecular flexibility index (Phi) is 2.49. The van der Waals surface area contributed by atoms with Gasteiger partial charge in [0.2, 0.25) is 5.82 Å². The molecule has 90 valence electrons. The van der Waals surface area contributed by atoms with E-state index in [1.165, 1.54) is 6.07 Å². The van der Waals surface area contributed by atoms with Crippen molar-refractivity contribution in [3.63, 3.8) is 0 Å². The molecule has 2 rings (SSSR count). The largest absolute Gasteiger partial charge is 0.471 e. The molecule has 1 aromatic heterocycles. The molecule has 2 N–H and O–H groups in total. The molecule has 0 saturated heterocycles. The second kappa shape index (κ2) is 3.72. The van der Waals surface area contributed by atoms with Crippen molar-refractivity contribution in [2.45, 2.75) is 6.18 Å². The zero-order chi connectivity index (χ0) is 12.6. The lowest BCUT2D eigenvalue weighted by Crippen LogP contribution is -2.04. The predicted octanol–water partition coefficient (Wildman–Crippen LogP) is 2.48. The van der Waals surface area contributed by atoms with Gasteiger partial charge in [0.05, 0.1) is 5.69 Å². The maximum Gasteiger partial charge on any atom is 0.471 e. The topological polar surface area (TPSA) is 64.9 Å². The lowest BCUT2D eigenvalue weighted by atomic mass is 10.2. The number of hydrogen-bond donors (Lipinski definition) is 1.